The van der Waals surface area contributed by atoms with Crippen molar-refractivity contribution in [1.29, 1.82) is 0 Å². The highest BCUT2D eigenvalue weighted by Crippen LogP contribution is 2.32. The SMILES string of the molecule is Cl.O=C(CC1CC2CCC(C1)N2)Nc1cccc(Cl)c1. The Morgan fingerprint density at radius 1 is 1.30 bits per heavy atom. The molecule has 2 unspecified atom stereocenters. The molecule has 2 aliphatic rings. The van der Waals surface area contributed by atoms with Crippen molar-refractivity contribution in [2.24, 2.45) is 5.92 Å². The Labute approximate surface area is 130 Å². The maximum atomic E-state index is 12.1. The molecule has 2 fully saturated rings. The van der Waals surface area contributed by atoms with Gasteiger partial charge in [0.25, 0.3) is 0 Å². The van der Waals surface area contributed by atoms with Gasteiger partial charge in [0, 0.05) is 29.2 Å². The van der Waals surface area contributed by atoms with Crippen molar-refractivity contribution in [2.75, 3.05) is 5.32 Å². The van der Waals surface area contributed by atoms with E-state index >= 15 is 0 Å². The van der Waals surface area contributed by atoms with E-state index in [0.717, 1.165) is 18.5 Å². The summed E-state index contributed by atoms with van der Waals surface area (Å²) in [5.74, 6) is 0.631. The van der Waals surface area contributed by atoms with Gasteiger partial charge in [0.15, 0.2) is 0 Å². The Kier molecular flexibility index (Phi) is 5.30. The molecule has 2 heterocycles. The Morgan fingerprint density at radius 2 is 2.00 bits per heavy atom. The molecule has 0 aromatic heterocycles. The fourth-order valence-electron chi connectivity index (χ4n) is 3.38. The van der Waals surface area contributed by atoms with Gasteiger partial charge in [-0.2, -0.15) is 0 Å². The predicted octanol–water partition coefficient (Wildman–Crippen LogP) is 3.62. The number of piperidine rings is 1. The first kappa shape index (κ1) is 15.6. The second-order valence-electron chi connectivity index (χ2n) is 5.74. The summed E-state index contributed by atoms with van der Waals surface area (Å²) in [6, 6.07) is 8.59. The van der Waals surface area contributed by atoms with E-state index in [2.05, 4.69) is 10.6 Å². The largest absolute Gasteiger partial charge is 0.326 e. The van der Waals surface area contributed by atoms with Crippen molar-refractivity contribution in [2.45, 2.75) is 44.2 Å². The number of nitrogens with one attached hydrogen (secondary N) is 2. The van der Waals surface area contributed by atoms with Crippen LogP contribution in [-0.2, 0) is 4.79 Å². The molecule has 5 heteroatoms. The van der Waals surface area contributed by atoms with E-state index in [1.807, 2.05) is 18.2 Å². The summed E-state index contributed by atoms with van der Waals surface area (Å²) in [7, 11) is 0. The van der Waals surface area contributed by atoms with Gasteiger partial charge in [0.2, 0.25) is 5.91 Å². The molecule has 20 heavy (non-hydrogen) atoms. The number of benzene rings is 1. The molecule has 3 rings (SSSR count). The number of carbonyl (C=O) groups is 1. The number of carbonyl (C=O) groups excluding carboxylic acids is 1. The van der Waals surface area contributed by atoms with Crippen molar-refractivity contribution >= 4 is 35.6 Å². The molecule has 2 bridgehead atoms. The highest BCUT2D eigenvalue weighted by Gasteiger charge is 2.34. The van der Waals surface area contributed by atoms with Gasteiger partial charge >= 0.3 is 0 Å². The third kappa shape index (κ3) is 3.87. The number of halogens is 2. The van der Waals surface area contributed by atoms with Gasteiger partial charge in [0.05, 0.1) is 0 Å². The normalized spacial score (nSPS) is 27.8. The molecule has 1 aromatic rings. The summed E-state index contributed by atoms with van der Waals surface area (Å²) in [6.45, 7) is 0. The van der Waals surface area contributed by atoms with Gasteiger partial charge in [-0.1, -0.05) is 17.7 Å². The van der Waals surface area contributed by atoms with Gasteiger partial charge in [-0.15, -0.1) is 12.4 Å². The quantitative estimate of drug-likeness (QED) is 0.894. The molecule has 0 radical (unpaired) electrons. The minimum atomic E-state index is 0. The van der Waals surface area contributed by atoms with E-state index in [1.165, 1.54) is 12.8 Å². The molecule has 2 aliphatic heterocycles. The van der Waals surface area contributed by atoms with Gasteiger partial charge in [-0.05, 0) is 49.8 Å². The Hall–Kier alpha value is -0.770. The van der Waals surface area contributed by atoms with Crippen LogP contribution in [0.15, 0.2) is 24.3 Å². The molecule has 1 aromatic carbocycles. The summed E-state index contributed by atoms with van der Waals surface area (Å²) in [5.41, 5.74) is 0.786. The minimum Gasteiger partial charge on any atom is -0.326 e. The average molecular weight is 315 g/mol. The lowest BCUT2D eigenvalue weighted by molar-refractivity contribution is -0.117. The number of anilines is 1. The maximum absolute atomic E-state index is 12.1. The van der Waals surface area contributed by atoms with Gasteiger partial charge in [-0.25, -0.2) is 0 Å². The van der Waals surface area contributed by atoms with Crippen LogP contribution in [0.1, 0.15) is 32.1 Å². The van der Waals surface area contributed by atoms with E-state index in [9.17, 15) is 4.79 Å². The number of hydrogen-bond donors (Lipinski definition) is 2. The minimum absolute atomic E-state index is 0. The fraction of sp³-hybridized carbons (Fsp3) is 0.533. The van der Waals surface area contributed by atoms with Crippen molar-refractivity contribution in [3.8, 4) is 0 Å². The monoisotopic (exact) mass is 314 g/mol. The van der Waals surface area contributed by atoms with Crippen LogP contribution in [0.3, 0.4) is 0 Å². The average Bonchev–Trinajstić information content (AvgIpc) is 2.68. The highest BCUT2D eigenvalue weighted by molar-refractivity contribution is 6.30. The topological polar surface area (TPSA) is 41.1 Å². The van der Waals surface area contributed by atoms with Crippen LogP contribution in [0.5, 0.6) is 0 Å². The van der Waals surface area contributed by atoms with Crippen molar-refractivity contribution in [1.82, 2.24) is 5.32 Å². The van der Waals surface area contributed by atoms with E-state index in [1.54, 1.807) is 6.07 Å². The van der Waals surface area contributed by atoms with Gasteiger partial charge in [0.1, 0.15) is 0 Å². The molecule has 0 saturated carbocycles. The summed E-state index contributed by atoms with van der Waals surface area (Å²) in [6.07, 6.45) is 5.45. The second-order valence-corrected chi connectivity index (χ2v) is 6.17. The van der Waals surface area contributed by atoms with Crippen LogP contribution in [0, 0.1) is 5.92 Å². The van der Waals surface area contributed by atoms with Gasteiger partial charge < -0.3 is 10.6 Å². The lowest BCUT2D eigenvalue weighted by Crippen LogP contribution is -2.39. The molecule has 2 saturated heterocycles. The lowest BCUT2D eigenvalue weighted by atomic mass is 9.89. The first-order chi connectivity index (χ1) is 9.19. The zero-order chi connectivity index (χ0) is 13.2. The first-order valence-electron chi connectivity index (χ1n) is 7.00. The Morgan fingerprint density at radius 3 is 2.65 bits per heavy atom. The van der Waals surface area contributed by atoms with Crippen LogP contribution in [0.25, 0.3) is 0 Å². The number of fused-ring (bicyclic) bond motifs is 2. The van der Waals surface area contributed by atoms with Gasteiger partial charge in [-0.3, -0.25) is 4.79 Å². The number of rotatable bonds is 3. The smallest absolute Gasteiger partial charge is 0.224 e. The summed E-state index contributed by atoms with van der Waals surface area (Å²) < 4.78 is 0. The lowest BCUT2D eigenvalue weighted by Gasteiger charge is -2.28. The van der Waals surface area contributed by atoms with Crippen molar-refractivity contribution < 1.29 is 4.79 Å². The predicted molar refractivity (Wildman–Crippen MR) is 84.6 cm³/mol. The molecule has 2 N–H and O–H groups in total. The Balaban J connectivity index is 0.00000147. The molecule has 3 nitrogen and oxygen atoms in total. The van der Waals surface area contributed by atoms with E-state index in [4.69, 9.17) is 11.6 Å². The molecule has 1 amide bonds. The zero-order valence-corrected chi connectivity index (χ0v) is 12.8. The number of amides is 1. The third-order valence-electron chi connectivity index (χ3n) is 4.15. The Bertz CT molecular complexity index is 469. The fourth-order valence-corrected chi connectivity index (χ4v) is 3.57. The summed E-state index contributed by atoms with van der Waals surface area (Å²) >= 11 is 5.91. The summed E-state index contributed by atoms with van der Waals surface area (Å²) in [4.78, 5) is 12.1. The van der Waals surface area contributed by atoms with Crippen LogP contribution in [0.2, 0.25) is 5.02 Å². The molecular formula is C15H20Cl2N2O. The van der Waals surface area contributed by atoms with Crippen LogP contribution in [-0.4, -0.2) is 18.0 Å². The van der Waals surface area contributed by atoms with Crippen LogP contribution in [0.4, 0.5) is 5.69 Å². The maximum Gasteiger partial charge on any atom is 0.224 e. The van der Waals surface area contributed by atoms with E-state index in [-0.39, 0.29) is 18.3 Å². The second kappa shape index (κ2) is 6.79. The summed E-state index contributed by atoms with van der Waals surface area (Å²) in [5, 5.41) is 7.19. The molecule has 110 valence electrons. The van der Waals surface area contributed by atoms with Crippen molar-refractivity contribution in [3.63, 3.8) is 0 Å². The zero-order valence-electron chi connectivity index (χ0n) is 11.3. The van der Waals surface area contributed by atoms with Crippen molar-refractivity contribution in [3.05, 3.63) is 29.3 Å². The van der Waals surface area contributed by atoms with Crippen LogP contribution >= 0.6 is 24.0 Å². The molecule has 0 aliphatic carbocycles. The highest BCUT2D eigenvalue weighted by atomic mass is 35.5. The van der Waals surface area contributed by atoms with E-state index in [0.29, 0.717) is 29.4 Å². The number of hydrogen-bond acceptors (Lipinski definition) is 2. The third-order valence-corrected chi connectivity index (χ3v) is 4.39. The standard InChI is InChI=1S/C15H19ClN2O.ClH/c16-11-2-1-3-12(9-11)18-15(19)8-10-6-13-4-5-14(7-10)17-13;/h1-3,9-10,13-14,17H,4-8H2,(H,18,19);1H. The first-order valence-corrected chi connectivity index (χ1v) is 7.38. The molecule has 0 spiro atoms. The van der Waals surface area contributed by atoms with E-state index < -0.39 is 0 Å². The molecule has 2 atom stereocenters. The van der Waals surface area contributed by atoms with Crippen LogP contribution < -0.4 is 10.6 Å². The molecular weight excluding hydrogens is 295 g/mol.